The number of rotatable bonds is 4. The first kappa shape index (κ1) is 23.7. The summed E-state index contributed by atoms with van der Waals surface area (Å²) in [5.74, 6) is -1.74. The number of anilines is 1. The highest BCUT2D eigenvalue weighted by atomic mass is 35.5. The minimum atomic E-state index is -4.74. The van der Waals surface area contributed by atoms with Crippen LogP contribution in [0.1, 0.15) is 11.1 Å². The number of halogens is 5. The van der Waals surface area contributed by atoms with Crippen molar-refractivity contribution in [2.75, 3.05) is 5.32 Å². The van der Waals surface area contributed by atoms with E-state index in [9.17, 15) is 31.9 Å². The molecule has 0 saturated heterocycles. The number of fused-ring (bicyclic) bond motifs is 1. The number of carbonyl (C=O) groups excluding carboxylic acids is 1. The van der Waals surface area contributed by atoms with Gasteiger partial charge in [0.05, 0.1) is 17.7 Å². The van der Waals surface area contributed by atoms with Gasteiger partial charge in [0.25, 0.3) is 5.56 Å². The Morgan fingerprint density at radius 1 is 1.21 bits per heavy atom. The molecule has 34 heavy (non-hydrogen) atoms. The van der Waals surface area contributed by atoms with Crippen LogP contribution >= 0.6 is 22.9 Å². The molecule has 4 aromatic rings. The highest BCUT2D eigenvalue weighted by molar-refractivity contribution is 7.14. The number of hydrogen-bond acceptors (Lipinski definition) is 6. The number of amides is 1. The number of benzene rings is 1. The average Bonchev–Trinajstić information content (AvgIpc) is 3.34. The van der Waals surface area contributed by atoms with Crippen LogP contribution in [0.3, 0.4) is 0 Å². The summed E-state index contributed by atoms with van der Waals surface area (Å²) in [6.07, 6.45) is -5.15. The van der Waals surface area contributed by atoms with Crippen LogP contribution in [0.4, 0.5) is 22.7 Å². The molecule has 178 valence electrons. The third kappa shape index (κ3) is 4.23. The molecule has 0 aliphatic heterocycles. The minimum Gasteiger partial charge on any atom is -0.427 e. The summed E-state index contributed by atoms with van der Waals surface area (Å²) in [7, 11) is 2.64. The van der Waals surface area contributed by atoms with E-state index in [1.807, 2.05) is 0 Å². The first-order valence-electron chi connectivity index (χ1n) is 9.37. The number of carbonyl (C=O) groups is 1. The Morgan fingerprint density at radius 3 is 2.59 bits per heavy atom. The third-order valence-corrected chi connectivity index (χ3v) is 6.01. The van der Waals surface area contributed by atoms with E-state index in [-0.39, 0.29) is 38.3 Å². The summed E-state index contributed by atoms with van der Waals surface area (Å²) in [5.41, 5.74) is -2.62. The Bertz CT molecular complexity index is 1570. The second kappa shape index (κ2) is 8.40. The van der Waals surface area contributed by atoms with E-state index in [0.29, 0.717) is 6.07 Å². The van der Waals surface area contributed by atoms with Gasteiger partial charge in [0.15, 0.2) is 5.13 Å². The molecule has 14 heteroatoms. The average molecular weight is 517 g/mol. The molecule has 0 aliphatic rings. The van der Waals surface area contributed by atoms with Crippen molar-refractivity contribution < 1.29 is 26.8 Å². The molecular weight excluding hydrogens is 504 g/mol. The molecule has 1 aromatic carbocycles. The summed E-state index contributed by atoms with van der Waals surface area (Å²) >= 11 is 6.97. The van der Waals surface area contributed by atoms with Crippen molar-refractivity contribution in [2.45, 2.75) is 12.6 Å². The van der Waals surface area contributed by atoms with Gasteiger partial charge in [-0.15, -0.1) is 11.3 Å². The van der Waals surface area contributed by atoms with Crippen molar-refractivity contribution in [3.05, 3.63) is 66.6 Å². The van der Waals surface area contributed by atoms with Gasteiger partial charge in [-0.2, -0.15) is 13.2 Å². The first-order chi connectivity index (χ1) is 15.9. The highest BCUT2D eigenvalue weighted by Crippen LogP contribution is 2.34. The molecule has 0 aliphatic carbocycles. The van der Waals surface area contributed by atoms with Gasteiger partial charge in [0.2, 0.25) is 16.8 Å². The Labute approximate surface area is 196 Å². The monoisotopic (exact) mass is 516 g/mol. The molecule has 0 bridgehead atoms. The zero-order valence-electron chi connectivity index (χ0n) is 17.3. The van der Waals surface area contributed by atoms with Crippen LogP contribution in [0.15, 0.2) is 37.6 Å². The second-order valence-corrected chi connectivity index (χ2v) is 8.43. The second-order valence-electron chi connectivity index (χ2n) is 7.23. The van der Waals surface area contributed by atoms with Crippen LogP contribution < -0.4 is 16.6 Å². The lowest BCUT2D eigenvalue weighted by atomic mass is 10.1. The molecule has 0 saturated carbocycles. The van der Waals surface area contributed by atoms with Gasteiger partial charge in [-0.1, -0.05) is 0 Å². The van der Waals surface area contributed by atoms with Gasteiger partial charge in [-0.25, -0.2) is 14.2 Å². The van der Waals surface area contributed by atoms with E-state index in [0.717, 1.165) is 32.6 Å². The molecule has 0 radical (unpaired) electrons. The smallest absolute Gasteiger partial charge is 0.416 e. The van der Waals surface area contributed by atoms with E-state index in [4.69, 9.17) is 16.0 Å². The van der Waals surface area contributed by atoms with Crippen LogP contribution in [-0.4, -0.2) is 20.0 Å². The van der Waals surface area contributed by atoms with Crippen molar-refractivity contribution in [1.29, 1.82) is 0 Å². The van der Waals surface area contributed by atoms with Crippen molar-refractivity contribution in [1.82, 2.24) is 14.1 Å². The number of aromatic nitrogens is 3. The maximum Gasteiger partial charge on any atom is 0.416 e. The van der Waals surface area contributed by atoms with Gasteiger partial charge >= 0.3 is 11.9 Å². The number of thiazole rings is 1. The number of alkyl halides is 3. The van der Waals surface area contributed by atoms with E-state index in [1.165, 1.54) is 19.5 Å². The van der Waals surface area contributed by atoms with E-state index < -0.39 is 41.1 Å². The molecule has 8 nitrogen and oxygen atoms in total. The largest absolute Gasteiger partial charge is 0.427 e. The molecule has 3 aromatic heterocycles. The predicted molar refractivity (Wildman–Crippen MR) is 117 cm³/mol. The van der Waals surface area contributed by atoms with Gasteiger partial charge < -0.3 is 9.73 Å². The van der Waals surface area contributed by atoms with E-state index >= 15 is 0 Å². The van der Waals surface area contributed by atoms with E-state index in [1.54, 1.807) is 0 Å². The fraction of sp³-hybridized carbons (Fsp3) is 0.200. The first-order valence-corrected chi connectivity index (χ1v) is 10.6. The molecule has 3 heterocycles. The van der Waals surface area contributed by atoms with Gasteiger partial charge in [0.1, 0.15) is 11.2 Å². The Hall–Kier alpha value is -3.45. The number of aryl methyl sites for hydroxylation is 1. The van der Waals surface area contributed by atoms with Crippen LogP contribution in [0.2, 0.25) is 5.22 Å². The van der Waals surface area contributed by atoms with Crippen LogP contribution in [0.25, 0.3) is 22.4 Å². The SMILES string of the molecule is Cn1c(=O)c2c(CC(=O)Nc3nc(-c4cc(F)cc(C(F)(F)F)c4)cs3)c(Cl)oc2n(C)c1=O. The van der Waals surface area contributed by atoms with Gasteiger partial charge in [0, 0.05) is 30.6 Å². The summed E-state index contributed by atoms with van der Waals surface area (Å²) in [6.45, 7) is 0. The lowest BCUT2D eigenvalue weighted by Gasteiger charge is -2.08. The lowest BCUT2D eigenvalue weighted by Crippen LogP contribution is -2.36. The summed E-state index contributed by atoms with van der Waals surface area (Å²) in [5, 5.41) is 3.56. The van der Waals surface area contributed by atoms with Gasteiger partial charge in [-0.3, -0.25) is 18.7 Å². The number of hydrogen-bond donors (Lipinski definition) is 1. The molecule has 0 spiro atoms. The maximum atomic E-state index is 13.7. The highest BCUT2D eigenvalue weighted by Gasteiger charge is 2.31. The Kier molecular flexibility index (Phi) is 5.85. The van der Waals surface area contributed by atoms with Gasteiger partial charge in [-0.05, 0) is 29.8 Å². The Morgan fingerprint density at radius 2 is 1.91 bits per heavy atom. The molecule has 1 amide bonds. The van der Waals surface area contributed by atoms with Crippen LogP contribution in [0, 0.1) is 5.82 Å². The lowest BCUT2D eigenvalue weighted by molar-refractivity contribution is -0.137. The third-order valence-electron chi connectivity index (χ3n) is 4.94. The summed E-state index contributed by atoms with van der Waals surface area (Å²) in [4.78, 5) is 41.2. The molecule has 0 atom stereocenters. The predicted octanol–water partition coefficient (Wildman–Crippen LogP) is 3.95. The number of nitrogens with one attached hydrogen (secondary N) is 1. The van der Waals surface area contributed by atoms with Crippen molar-refractivity contribution in [3.8, 4) is 11.3 Å². The van der Waals surface area contributed by atoms with E-state index in [2.05, 4.69) is 10.3 Å². The Balaban J connectivity index is 1.60. The van der Waals surface area contributed by atoms with Crippen molar-refractivity contribution in [3.63, 3.8) is 0 Å². The zero-order valence-corrected chi connectivity index (χ0v) is 18.9. The van der Waals surface area contributed by atoms with Crippen molar-refractivity contribution in [2.24, 2.45) is 14.1 Å². The number of furan rings is 1. The zero-order chi connectivity index (χ0) is 24.9. The van der Waals surface area contributed by atoms with Crippen molar-refractivity contribution >= 4 is 45.1 Å². The molecule has 4 rings (SSSR count). The normalized spacial score (nSPS) is 11.9. The fourth-order valence-electron chi connectivity index (χ4n) is 3.29. The topological polar surface area (TPSA) is 99.1 Å². The standard InChI is InChI=1S/C20H13ClF4N4O4S/c1-28-16(31)14-11(15(21)33-17(14)29(2)19(28)32)6-13(30)27-18-26-12(7-34-18)8-3-9(20(23,24)25)5-10(22)4-8/h3-5,7H,6H2,1-2H3,(H,26,27,30). The molecule has 1 N–H and O–H groups in total. The van der Waals surface area contributed by atoms with Crippen LogP contribution in [-0.2, 0) is 31.5 Å². The number of nitrogens with zero attached hydrogens (tertiary/aromatic N) is 3. The van der Waals surface area contributed by atoms with Crippen LogP contribution in [0.5, 0.6) is 0 Å². The minimum absolute atomic E-state index is 0.0287. The molecular formula is C20H13ClF4N4O4S. The molecule has 0 unspecified atom stereocenters. The quantitative estimate of drug-likeness (QED) is 0.414. The summed E-state index contributed by atoms with van der Waals surface area (Å²) < 4.78 is 59.8. The molecule has 0 fully saturated rings. The maximum absolute atomic E-state index is 13.7. The summed E-state index contributed by atoms with van der Waals surface area (Å²) in [6, 6.07) is 2.02. The fourth-order valence-corrected chi connectivity index (χ4v) is 4.27.